The third-order valence-electron chi connectivity index (χ3n) is 2.23. The van der Waals surface area contributed by atoms with E-state index in [1.165, 1.54) is 6.42 Å². The van der Waals surface area contributed by atoms with Gasteiger partial charge in [0, 0.05) is 5.54 Å². The summed E-state index contributed by atoms with van der Waals surface area (Å²) in [6, 6.07) is 0. The molecule has 1 fully saturated rings. The van der Waals surface area contributed by atoms with Gasteiger partial charge in [0.25, 0.3) is 0 Å². The summed E-state index contributed by atoms with van der Waals surface area (Å²) in [5.41, 5.74) is 6.31. The molecule has 1 atom stereocenters. The molecule has 1 unspecified atom stereocenters. The predicted molar refractivity (Wildman–Crippen MR) is 41.3 cm³/mol. The summed E-state index contributed by atoms with van der Waals surface area (Å²) in [6.45, 7) is 6.51. The minimum Gasteiger partial charge on any atom is -0.325 e. The molecule has 0 aromatic heterocycles. The molecule has 0 bridgehead atoms. The van der Waals surface area contributed by atoms with Crippen molar-refractivity contribution in [3.63, 3.8) is 0 Å². The fraction of sp³-hybridized carbons (Fsp3) is 1.00. The van der Waals surface area contributed by atoms with E-state index in [1.54, 1.807) is 0 Å². The van der Waals surface area contributed by atoms with Gasteiger partial charge in [-0.05, 0) is 18.8 Å². The average molecular weight is 180 g/mol. The molecule has 0 radical (unpaired) electrons. The standard InChI is InChI=1S/C6H13N.BrH/c1-5(2)4-6(5,3)7;/h4,7H2,1-3H3;1H. The summed E-state index contributed by atoms with van der Waals surface area (Å²) in [5.74, 6) is 0. The molecule has 1 aliphatic carbocycles. The molecule has 0 aliphatic heterocycles. The third kappa shape index (κ3) is 1.06. The van der Waals surface area contributed by atoms with Crippen LogP contribution in [-0.4, -0.2) is 5.54 Å². The maximum absolute atomic E-state index is 5.74. The topological polar surface area (TPSA) is 26.0 Å². The van der Waals surface area contributed by atoms with E-state index in [2.05, 4.69) is 20.8 Å². The Kier molecular flexibility index (Phi) is 1.80. The van der Waals surface area contributed by atoms with Crippen molar-refractivity contribution >= 4 is 17.0 Å². The van der Waals surface area contributed by atoms with Crippen LogP contribution in [0.4, 0.5) is 0 Å². The van der Waals surface area contributed by atoms with E-state index in [-0.39, 0.29) is 22.5 Å². The first-order chi connectivity index (χ1) is 2.96. The molecule has 0 heterocycles. The molecule has 2 N–H and O–H groups in total. The molecule has 0 amide bonds. The first kappa shape index (κ1) is 8.44. The van der Waals surface area contributed by atoms with Crippen LogP contribution in [0.5, 0.6) is 0 Å². The first-order valence-corrected chi connectivity index (χ1v) is 2.75. The molecule has 1 rings (SSSR count). The predicted octanol–water partition coefficient (Wildman–Crippen LogP) is 1.71. The second-order valence-corrected chi connectivity index (χ2v) is 3.48. The van der Waals surface area contributed by atoms with Gasteiger partial charge in [0.2, 0.25) is 0 Å². The number of hydrogen-bond acceptors (Lipinski definition) is 1. The molecule has 1 nitrogen and oxygen atoms in total. The minimum absolute atomic E-state index is 0. The van der Waals surface area contributed by atoms with Gasteiger partial charge in [-0.15, -0.1) is 17.0 Å². The van der Waals surface area contributed by atoms with Crippen molar-refractivity contribution in [1.29, 1.82) is 0 Å². The maximum atomic E-state index is 5.74. The molecule has 8 heavy (non-hydrogen) atoms. The van der Waals surface area contributed by atoms with E-state index in [0.29, 0.717) is 5.41 Å². The summed E-state index contributed by atoms with van der Waals surface area (Å²) in [7, 11) is 0. The van der Waals surface area contributed by atoms with Crippen molar-refractivity contribution in [2.75, 3.05) is 0 Å². The van der Waals surface area contributed by atoms with Crippen molar-refractivity contribution < 1.29 is 0 Å². The lowest BCUT2D eigenvalue weighted by Crippen LogP contribution is -2.22. The van der Waals surface area contributed by atoms with Crippen LogP contribution in [0.3, 0.4) is 0 Å². The van der Waals surface area contributed by atoms with Crippen molar-refractivity contribution in [1.82, 2.24) is 0 Å². The third-order valence-corrected chi connectivity index (χ3v) is 2.23. The quantitative estimate of drug-likeness (QED) is 0.603. The second-order valence-electron chi connectivity index (χ2n) is 3.48. The summed E-state index contributed by atoms with van der Waals surface area (Å²) in [4.78, 5) is 0. The van der Waals surface area contributed by atoms with Gasteiger partial charge in [-0.3, -0.25) is 0 Å². The van der Waals surface area contributed by atoms with Crippen LogP contribution in [0.1, 0.15) is 27.2 Å². The van der Waals surface area contributed by atoms with Gasteiger partial charge in [-0.25, -0.2) is 0 Å². The highest BCUT2D eigenvalue weighted by Gasteiger charge is 2.54. The van der Waals surface area contributed by atoms with E-state index in [4.69, 9.17) is 5.73 Å². The SMILES string of the molecule is Br.CC1(C)CC1(C)N. The zero-order valence-electron chi connectivity index (χ0n) is 5.69. The van der Waals surface area contributed by atoms with Gasteiger partial charge < -0.3 is 5.73 Å². The van der Waals surface area contributed by atoms with E-state index < -0.39 is 0 Å². The van der Waals surface area contributed by atoms with Crippen LogP contribution in [0.15, 0.2) is 0 Å². The Bertz CT molecular complexity index is 84.7. The normalized spacial score (nSPS) is 40.5. The van der Waals surface area contributed by atoms with Crippen molar-refractivity contribution in [3.8, 4) is 0 Å². The van der Waals surface area contributed by atoms with Crippen molar-refractivity contribution in [2.24, 2.45) is 11.1 Å². The summed E-state index contributed by atoms with van der Waals surface area (Å²) in [5, 5.41) is 0. The van der Waals surface area contributed by atoms with Gasteiger partial charge in [0.15, 0.2) is 0 Å². The van der Waals surface area contributed by atoms with E-state index in [1.807, 2.05) is 0 Å². The maximum Gasteiger partial charge on any atom is 0.0183 e. The smallest absolute Gasteiger partial charge is 0.0183 e. The fourth-order valence-corrected chi connectivity index (χ4v) is 0.874. The summed E-state index contributed by atoms with van der Waals surface area (Å²) >= 11 is 0. The Hall–Kier alpha value is 0.440. The highest BCUT2D eigenvalue weighted by atomic mass is 79.9. The Morgan fingerprint density at radius 3 is 1.38 bits per heavy atom. The largest absolute Gasteiger partial charge is 0.325 e. The van der Waals surface area contributed by atoms with E-state index in [0.717, 1.165) is 0 Å². The second kappa shape index (κ2) is 1.71. The number of rotatable bonds is 0. The molecular formula is C6H14BrN. The van der Waals surface area contributed by atoms with Gasteiger partial charge in [0.05, 0.1) is 0 Å². The van der Waals surface area contributed by atoms with Crippen LogP contribution < -0.4 is 5.73 Å². The Morgan fingerprint density at radius 2 is 1.38 bits per heavy atom. The van der Waals surface area contributed by atoms with Crippen LogP contribution in [0, 0.1) is 5.41 Å². The molecule has 0 spiro atoms. The van der Waals surface area contributed by atoms with Crippen LogP contribution in [-0.2, 0) is 0 Å². The van der Waals surface area contributed by atoms with Crippen LogP contribution >= 0.6 is 17.0 Å². The molecule has 0 saturated heterocycles. The lowest BCUT2D eigenvalue weighted by Gasteiger charge is -2.04. The van der Waals surface area contributed by atoms with Gasteiger partial charge in [-0.2, -0.15) is 0 Å². The first-order valence-electron chi connectivity index (χ1n) is 2.75. The number of hydrogen-bond donors (Lipinski definition) is 1. The molecule has 1 saturated carbocycles. The highest BCUT2D eigenvalue weighted by Crippen LogP contribution is 2.52. The van der Waals surface area contributed by atoms with E-state index in [9.17, 15) is 0 Å². The van der Waals surface area contributed by atoms with Crippen molar-refractivity contribution in [3.05, 3.63) is 0 Å². The van der Waals surface area contributed by atoms with E-state index >= 15 is 0 Å². The Balaban J connectivity index is 0.000000490. The molecule has 0 aromatic rings. The molecule has 1 aliphatic rings. The monoisotopic (exact) mass is 179 g/mol. The van der Waals surface area contributed by atoms with Crippen LogP contribution in [0.2, 0.25) is 0 Å². The summed E-state index contributed by atoms with van der Waals surface area (Å²) in [6.07, 6.45) is 1.18. The van der Waals surface area contributed by atoms with Crippen LogP contribution in [0.25, 0.3) is 0 Å². The average Bonchev–Trinajstić information content (AvgIpc) is 1.63. The Labute approximate surface area is 61.4 Å². The molecule has 50 valence electrons. The Morgan fingerprint density at radius 1 is 1.25 bits per heavy atom. The van der Waals surface area contributed by atoms with Gasteiger partial charge in [-0.1, -0.05) is 13.8 Å². The molecular weight excluding hydrogens is 166 g/mol. The lowest BCUT2D eigenvalue weighted by molar-refractivity contribution is 0.525. The number of halogens is 1. The molecule has 0 aromatic carbocycles. The van der Waals surface area contributed by atoms with Gasteiger partial charge in [0.1, 0.15) is 0 Å². The van der Waals surface area contributed by atoms with Gasteiger partial charge >= 0.3 is 0 Å². The minimum atomic E-state index is 0. The van der Waals surface area contributed by atoms with Crippen molar-refractivity contribution in [2.45, 2.75) is 32.7 Å². The zero-order chi connectivity index (χ0) is 5.71. The fourth-order valence-electron chi connectivity index (χ4n) is 0.874. The highest BCUT2D eigenvalue weighted by molar-refractivity contribution is 8.93. The number of nitrogens with two attached hydrogens (primary N) is 1. The lowest BCUT2D eigenvalue weighted by atomic mass is 10.1. The zero-order valence-corrected chi connectivity index (χ0v) is 7.41. The summed E-state index contributed by atoms with van der Waals surface area (Å²) < 4.78 is 0. The molecule has 2 heteroatoms.